The average Bonchev–Trinajstić information content (AvgIpc) is 2.58. The van der Waals surface area contributed by atoms with Crippen molar-refractivity contribution in [2.24, 2.45) is 5.41 Å². The van der Waals surface area contributed by atoms with Gasteiger partial charge in [-0.15, -0.1) is 0 Å². The summed E-state index contributed by atoms with van der Waals surface area (Å²) < 4.78 is 6.41. The molecule has 144 valence electrons. The number of nitrogens with one attached hydrogen (secondary N) is 1. The lowest BCUT2D eigenvalue weighted by Crippen LogP contribution is -2.38. The highest BCUT2D eigenvalue weighted by molar-refractivity contribution is 9.10. The molecule has 1 aromatic carbocycles. The number of esters is 1. The van der Waals surface area contributed by atoms with Gasteiger partial charge in [0.2, 0.25) is 0 Å². The van der Waals surface area contributed by atoms with Crippen LogP contribution in [0.1, 0.15) is 58.4 Å². The summed E-state index contributed by atoms with van der Waals surface area (Å²) in [5.74, 6) is -0.629. The first kappa shape index (κ1) is 19.9. The third-order valence-electron chi connectivity index (χ3n) is 5.10. The molecule has 0 unspecified atom stereocenters. The molecular formula is C22H26BrNO3. The van der Waals surface area contributed by atoms with E-state index in [4.69, 9.17) is 4.74 Å². The van der Waals surface area contributed by atoms with Crippen molar-refractivity contribution in [2.75, 3.05) is 6.61 Å². The maximum Gasteiger partial charge on any atom is 0.336 e. The van der Waals surface area contributed by atoms with Crippen molar-refractivity contribution in [1.29, 1.82) is 0 Å². The molecule has 0 amide bonds. The van der Waals surface area contributed by atoms with E-state index in [1.807, 2.05) is 38.1 Å². The van der Waals surface area contributed by atoms with Gasteiger partial charge in [-0.25, -0.2) is 4.79 Å². The Labute approximate surface area is 169 Å². The summed E-state index contributed by atoms with van der Waals surface area (Å²) in [5.41, 5.74) is 3.81. The van der Waals surface area contributed by atoms with Gasteiger partial charge in [-0.3, -0.25) is 4.79 Å². The first-order chi connectivity index (χ1) is 12.7. The minimum Gasteiger partial charge on any atom is -0.462 e. The summed E-state index contributed by atoms with van der Waals surface area (Å²) in [4.78, 5) is 26.0. The van der Waals surface area contributed by atoms with Crippen molar-refractivity contribution in [3.63, 3.8) is 0 Å². The zero-order valence-corrected chi connectivity index (χ0v) is 17.9. The number of allylic oxidation sites excluding steroid dienone is 3. The molecule has 0 aromatic heterocycles. The summed E-state index contributed by atoms with van der Waals surface area (Å²) in [6, 6.07) is 7.83. The van der Waals surface area contributed by atoms with E-state index in [0.29, 0.717) is 24.2 Å². The van der Waals surface area contributed by atoms with Crippen LogP contribution in [0.15, 0.2) is 51.3 Å². The molecule has 27 heavy (non-hydrogen) atoms. The van der Waals surface area contributed by atoms with Crippen molar-refractivity contribution in [1.82, 2.24) is 5.32 Å². The quantitative estimate of drug-likeness (QED) is 0.680. The number of hydrogen-bond acceptors (Lipinski definition) is 4. The number of carbonyl (C=O) groups is 2. The van der Waals surface area contributed by atoms with Crippen LogP contribution < -0.4 is 5.32 Å². The van der Waals surface area contributed by atoms with Gasteiger partial charge in [-0.05, 0) is 42.9 Å². The van der Waals surface area contributed by atoms with Gasteiger partial charge < -0.3 is 10.1 Å². The molecule has 0 spiro atoms. The molecule has 1 N–H and O–H groups in total. The van der Waals surface area contributed by atoms with E-state index in [1.165, 1.54) is 0 Å². The summed E-state index contributed by atoms with van der Waals surface area (Å²) in [6.45, 7) is 8.44. The van der Waals surface area contributed by atoms with Crippen LogP contribution in [0.4, 0.5) is 0 Å². The summed E-state index contributed by atoms with van der Waals surface area (Å²) in [5, 5.41) is 3.35. The Morgan fingerprint density at radius 3 is 2.56 bits per heavy atom. The smallest absolute Gasteiger partial charge is 0.336 e. The van der Waals surface area contributed by atoms with Crippen LogP contribution in [-0.2, 0) is 14.3 Å². The Bertz CT molecular complexity index is 834. The Morgan fingerprint density at radius 2 is 1.93 bits per heavy atom. The zero-order valence-electron chi connectivity index (χ0n) is 16.3. The van der Waals surface area contributed by atoms with Gasteiger partial charge in [0, 0.05) is 33.8 Å². The number of carbonyl (C=O) groups excluding carboxylic acids is 2. The fraction of sp³-hybridized carbons (Fsp3) is 0.455. The number of dihydropyridines is 1. The molecule has 1 atom stereocenters. The average molecular weight is 432 g/mol. The molecular weight excluding hydrogens is 406 g/mol. The van der Waals surface area contributed by atoms with Crippen LogP contribution in [0.25, 0.3) is 0 Å². The molecule has 1 aliphatic heterocycles. The molecule has 0 saturated heterocycles. The van der Waals surface area contributed by atoms with E-state index in [0.717, 1.165) is 34.3 Å². The van der Waals surface area contributed by atoms with E-state index in [1.54, 1.807) is 0 Å². The molecule has 0 saturated carbocycles. The SMILES string of the molecule is CCCOC(=O)C1=C(C)NC2=C(C(=O)CC(C)(C)C2)[C@H]1c1ccc(Br)cc1. The van der Waals surface area contributed by atoms with Gasteiger partial charge in [-0.1, -0.05) is 48.8 Å². The normalized spacial score (nSPS) is 21.7. The van der Waals surface area contributed by atoms with Crippen molar-refractivity contribution >= 4 is 27.7 Å². The third kappa shape index (κ3) is 4.03. The maximum atomic E-state index is 13.1. The van der Waals surface area contributed by atoms with Crippen molar-refractivity contribution in [3.8, 4) is 0 Å². The Kier molecular flexibility index (Phi) is 5.61. The predicted molar refractivity (Wildman–Crippen MR) is 109 cm³/mol. The van der Waals surface area contributed by atoms with Crippen LogP contribution in [0, 0.1) is 5.41 Å². The molecule has 3 rings (SSSR count). The van der Waals surface area contributed by atoms with Crippen LogP contribution in [0.5, 0.6) is 0 Å². The Hall–Kier alpha value is -1.88. The second kappa shape index (κ2) is 7.63. The number of ketones is 1. The predicted octanol–water partition coefficient (Wildman–Crippen LogP) is 5.01. The van der Waals surface area contributed by atoms with E-state index in [9.17, 15) is 9.59 Å². The van der Waals surface area contributed by atoms with E-state index < -0.39 is 0 Å². The minimum atomic E-state index is -0.387. The number of benzene rings is 1. The molecule has 1 aromatic rings. The van der Waals surface area contributed by atoms with Gasteiger partial charge in [0.05, 0.1) is 12.2 Å². The van der Waals surface area contributed by atoms with Crippen molar-refractivity contribution in [3.05, 3.63) is 56.8 Å². The standard InChI is InChI=1S/C22H26BrNO3/c1-5-10-27-21(26)18-13(2)24-16-11-22(3,4)12-17(25)20(16)19(18)14-6-8-15(23)9-7-14/h6-9,19,24H,5,10-12H2,1-4H3/t19-/m0/s1. The van der Waals surface area contributed by atoms with Crippen molar-refractivity contribution < 1.29 is 14.3 Å². The molecule has 2 aliphatic rings. The van der Waals surface area contributed by atoms with Crippen LogP contribution >= 0.6 is 15.9 Å². The summed E-state index contributed by atoms with van der Waals surface area (Å²) >= 11 is 3.46. The van der Waals surface area contributed by atoms with Crippen molar-refractivity contribution in [2.45, 2.75) is 52.9 Å². The second-order valence-electron chi connectivity index (χ2n) is 8.12. The second-order valence-corrected chi connectivity index (χ2v) is 9.03. The number of hydrogen-bond donors (Lipinski definition) is 1. The van der Waals surface area contributed by atoms with Crippen LogP contribution in [0.2, 0.25) is 0 Å². The van der Waals surface area contributed by atoms with E-state index >= 15 is 0 Å². The molecule has 1 aliphatic carbocycles. The lowest BCUT2D eigenvalue weighted by molar-refractivity contribution is -0.139. The minimum absolute atomic E-state index is 0.0896. The molecule has 0 radical (unpaired) electrons. The topological polar surface area (TPSA) is 55.4 Å². The molecule has 0 bridgehead atoms. The Balaban J connectivity index is 2.12. The maximum absolute atomic E-state index is 13.1. The van der Waals surface area contributed by atoms with Gasteiger partial charge in [0.25, 0.3) is 0 Å². The summed E-state index contributed by atoms with van der Waals surface area (Å²) in [7, 11) is 0. The number of halogens is 1. The highest BCUT2D eigenvalue weighted by atomic mass is 79.9. The first-order valence-electron chi connectivity index (χ1n) is 9.40. The van der Waals surface area contributed by atoms with Gasteiger partial charge in [0.1, 0.15) is 0 Å². The third-order valence-corrected chi connectivity index (χ3v) is 5.63. The highest BCUT2D eigenvalue weighted by Gasteiger charge is 2.43. The van der Waals surface area contributed by atoms with Gasteiger partial charge in [-0.2, -0.15) is 0 Å². The van der Waals surface area contributed by atoms with Gasteiger partial charge in [0.15, 0.2) is 5.78 Å². The van der Waals surface area contributed by atoms with E-state index in [2.05, 4.69) is 35.1 Å². The summed E-state index contributed by atoms with van der Waals surface area (Å²) in [6.07, 6.45) is 2.03. The lowest BCUT2D eigenvalue weighted by Gasteiger charge is -2.39. The largest absolute Gasteiger partial charge is 0.462 e. The Morgan fingerprint density at radius 1 is 1.26 bits per heavy atom. The monoisotopic (exact) mass is 431 g/mol. The highest BCUT2D eigenvalue weighted by Crippen LogP contribution is 2.46. The number of Topliss-reactive ketones (excluding diaryl/α,β-unsaturated/α-hetero) is 1. The lowest BCUT2D eigenvalue weighted by atomic mass is 9.68. The van der Waals surface area contributed by atoms with Gasteiger partial charge >= 0.3 is 5.97 Å². The van der Waals surface area contributed by atoms with Crippen LogP contribution in [0.3, 0.4) is 0 Å². The van der Waals surface area contributed by atoms with Crippen LogP contribution in [-0.4, -0.2) is 18.4 Å². The molecule has 5 heteroatoms. The number of rotatable bonds is 4. The number of ether oxygens (including phenoxy) is 1. The fourth-order valence-electron chi connectivity index (χ4n) is 3.97. The zero-order chi connectivity index (χ0) is 19.8. The first-order valence-corrected chi connectivity index (χ1v) is 10.2. The molecule has 1 heterocycles. The molecule has 0 fully saturated rings. The van der Waals surface area contributed by atoms with E-state index in [-0.39, 0.29) is 23.1 Å². The molecule has 4 nitrogen and oxygen atoms in total. The fourth-order valence-corrected chi connectivity index (χ4v) is 4.23.